The Bertz CT molecular complexity index is 1520. The smallest absolute Gasteiger partial charge is 0.348 e. The van der Waals surface area contributed by atoms with Gasteiger partial charge in [-0.1, -0.05) is 55.1 Å². The highest BCUT2D eigenvalue weighted by molar-refractivity contribution is 5.94. The van der Waals surface area contributed by atoms with E-state index in [1.54, 1.807) is 32.4 Å². The molecule has 0 spiro atoms. The number of nitrogens with zero attached hydrogens (tertiary/aromatic N) is 2. The minimum absolute atomic E-state index is 0.0127. The van der Waals surface area contributed by atoms with Crippen LogP contribution in [0.1, 0.15) is 40.9 Å². The van der Waals surface area contributed by atoms with Crippen molar-refractivity contribution < 1.29 is 19.4 Å². The zero-order chi connectivity index (χ0) is 28.5. The van der Waals surface area contributed by atoms with E-state index in [2.05, 4.69) is 16.7 Å². The van der Waals surface area contributed by atoms with Crippen LogP contribution in [0.2, 0.25) is 0 Å². The third-order valence-corrected chi connectivity index (χ3v) is 5.86. The first kappa shape index (κ1) is 28.5. The quantitative estimate of drug-likeness (QED) is 0.189. The van der Waals surface area contributed by atoms with Crippen LogP contribution in [0.3, 0.4) is 0 Å². The van der Waals surface area contributed by atoms with Crippen LogP contribution in [0.5, 0.6) is 11.5 Å². The fraction of sp³-hybridized carbons (Fsp3) is 0.172. The van der Waals surface area contributed by atoms with Crippen molar-refractivity contribution in [3.05, 3.63) is 112 Å². The average molecular weight is 530 g/mol. The number of para-hydroxylation sites is 2. The van der Waals surface area contributed by atoms with Crippen LogP contribution in [0.4, 0.5) is 0 Å². The minimum atomic E-state index is -0.833. The average Bonchev–Trinajstić information content (AvgIpc) is 3.32. The largest absolute Gasteiger partial charge is 0.496 e. The molecule has 1 atom stereocenters. The predicted octanol–water partition coefficient (Wildman–Crippen LogP) is 3.97. The van der Waals surface area contributed by atoms with E-state index in [4.69, 9.17) is 30.5 Å². The van der Waals surface area contributed by atoms with Crippen molar-refractivity contribution in [3.8, 4) is 17.2 Å². The highest BCUT2D eigenvalue weighted by Gasteiger charge is 2.22. The van der Waals surface area contributed by atoms with Gasteiger partial charge in [0.05, 0.1) is 14.2 Å². The van der Waals surface area contributed by atoms with Gasteiger partial charge in [0.2, 0.25) is 0 Å². The molecule has 0 fully saturated rings. The van der Waals surface area contributed by atoms with E-state index in [-0.39, 0.29) is 17.4 Å². The molecule has 3 aromatic carbocycles. The molecule has 1 aromatic heterocycles. The van der Waals surface area contributed by atoms with Crippen molar-refractivity contribution >= 4 is 17.9 Å². The summed E-state index contributed by atoms with van der Waals surface area (Å²) >= 11 is 0. The molecule has 10 nitrogen and oxygen atoms in total. The Morgan fingerprint density at radius 3 is 2.36 bits per heavy atom. The van der Waals surface area contributed by atoms with Crippen LogP contribution in [-0.2, 0) is 11.2 Å². The number of methoxy groups -OCH3 is 2. The first-order chi connectivity index (χ1) is 18.7. The topological polar surface area (TPSA) is 156 Å². The lowest BCUT2D eigenvalue weighted by molar-refractivity contribution is -0.134. The lowest BCUT2D eigenvalue weighted by Crippen LogP contribution is -2.16. The first-order valence-electron chi connectivity index (χ1n) is 11.9. The molecule has 4 aromatic rings. The third kappa shape index (κ3) is 7.01. The normalized spacial score (nSPS) is 11.1. The van der Waals surface area contributed by atoms with Gasteiger partial charge in [0.15, 0.2) is 0 Å². The van der Waals surface area contributed by atoms with Crippen LogP contribution in [-0.4, -0.2) is 45.9 Å². The van der Waals surface area contributed by atoms with Gasteiger partial charge in [-0.25, -0.2) is 4.79 Å². The number of ether oxygens (including phenoxy) is 2. The van der Waals surface area contributed by atoms with E-state index >= 15 is 0 Å². The van der Waals surface area contributed by atoms with Crippen LogP contribution in [0.15, 0.2) is 78.1 Å². The number of aromatic amines is 1. The molecule has 0 radical (unpaired) electrons. The molecule has 0 aliphatic heterocycles. The number of nitrogens with two attached hydrogens (primary N) is 1. The summed E-state index contributed by atoms with van der Waals surface area (Å²) in [5, 5.41) is 19.7. The van der Waals surface area contributed by atoms with Gasteiger partial charge in [0.25, 0.3) is 5.97 Å². The number of carbonyl (C=O) groups is 1. The zero-order valence-electron chi connectivity index (χ0n) is 22.0. The van der Waals surface area contributed by atoms with Gasteiger partial charge in [-0.3, -0.25) is 15.2 Å². The molecule has 0 saturated carbocycles. The molecular formula is C29H31N5O5. The maximum atomic E-state index is 13.0. The van der Waals surface area contributed by atoms with Crippen molar-refractivity contribution in [2.75, 3.05) is 14.2 Å². The number of H-pyrrole nitrogens is 1. The van der Waals surface area contributed by atoms with E-state index in [0.717, 1.165) is 23.6 Å². The number of carboxylic acid groups (broad SMARTS) is 1. The second-order valence-electron chi connectivity index (χ2n) is 8.49. The number of nitrogens with one attached hydrogen (secondary N) is 2. The molecule has 0 aliphatic carbocycles. The Hall–Kier alpha value is -5.12. The van der Waals surface area contributed by atoms with Gasteiger partial charge in [0, 0.05) is 24.0 Å². The lowest BCUT2D eigenvalue weighted by atomic mass is 9.89. The van der Waals surface area contributed by atoms with Gasteiger partial charge in [-0.15, -0.1) is 5.10 Å². The van der Waals surface area contributed by atoms with Gasteiger partial charge >= 0.3 is 5.69 Å². The van der Waals surface area contributed by atoms with E-state index in [1.165, 1.54) is 4.68 Å². The Morgan fingerprint density at radius 2 is 1.77 bits per heavy atom. The summed E-state index contributed by atoms with van der Waals surface area (Å²) in [4.78, 5) is 24.9. The second kappa shape index (κ2) is 12.9. The fourth-order valence-corrected chi connectivity index (χ4v) is 4.02. The Kier molecular flexibility index (Phi) is 9.42. The van der Waals surface area contributed by atoms with Gasteiger partial charge in [-0.2, -0.15) is 4.68 Å². The summed E-state index contributed by atoms with van der Waals surface area (Å²) in [5.41, 5.74) is 9.23. The monoisotopic (exact) mass is 529 g/mol. The molecule has 4 rings (SSSR count). The molecule has 1 heterocycles. The zero-order valence-corrected chi connectivity index (χ0v) is 22.0. The number of aromatic nitrogens is 3. The minimum Gasteiger partial charge on any atom is -0.496 e. The van der Waals surface area contributed by atoms with Gasteiger partial charge < -0.3 is 20.3 Å². The molecule has 0 saturated heterocycles. The highest BCUT2D eigenvalue weighted by atomic mass is 16.5. The van der Waals surface area contributed by atoms with Crippen molar-refractivity contribution in [2.24, 2.45) is 5.73 Å². The summed E-state index contributed by atoms with van der Waals surface area (Å²) in [5.74, 6) is 0.672. The highest BCUT2D eigenvalue weighted by Crippen LogP contribution is 2.31. The van der Waals surface area contributed by atoms with Gasteiger partial charge in [-0.05, 0) is 41.8 Å². The number of benzene rings is 3. The Morgan fingerprint density at radius 1 is 1.13 bits per heavy atom. The summed E-state index contributed by atoms with van der Waals surface area (Å²) in [6.07, 6.45) is 2.29. The molecule has 0 aliphatic rings. The van der Waals surface area contributed by atoms with Crippen molar-refractivity contribution in [1.82, 2.24) is 14.8 Å². The number of amidine groups is 1. The second-order valence-corrected chi connectivity index (χ2v) is 8.49. The standard InChI is InChI=1S/C27H27N5O3.C2H4O2/c1-4-18-16-20(13-14-23(18)34-2)21(15-17-9-11-19(12-10-17)25(28)29)26-30-27(33)32(31-26)22-7-5-6-8-24(22)35-3;1-2(3)4/h4-14,16,21H,1,15H2,2-3H3,(H3,28,29)(H,30,31,33);1H3,(H,3,4). The number of carboxylic acids is 1. The molecular weight excluding hydrogens is 498 g/mol. The van der Waals surface area contributed by atoms with Gasteiger partial charge in [0.1, 0.15) is 28.8 Å². The first-order valence-corrected chi connectivity index (χ1v) is 11.9. The van der Waals surface area contributed by atoms with E-state index in [9.17, 15) is 4.79 Å². The SMILES string of the molecule is C=Cc1cc(C(Cc2ccc(C(=N)N)cc2)c2nn(-c3ccccc3OC)c(=O)[nH]2)ccc1OC.CC(=O)O. The van der Waals surface area contributed by atoms with Crippen molar-refractivity contribution in [1.29, 1.82) is 5.41 Å². The summed E-state index contributed by atoms with van der Waals surface area (Å²) in [6.45, 7) is 4.98. The molecule has 202 valence electrons. The van der Waals surface area contributed by atoms with Crippen LogP contribution in [0, 0.1) is 5.41 Å². The molecule has 1 unspecified atom stereocenters. The molecule has 5 N–H and O–H groups in total. The lowest BCUT2D eigenvalue weighted by Gasteiger charge is -2.17. The Balaban J connectivity index is 0.000000983. The molecule has 10 heteroatoms. The summed E-state index contributed by atoms with van der Waals surface area (Å²) < 4.78 is 12.2. The van der Waals surface area contributed by atoms with Crippen LogP contribution in [0.25, 0.3) is 11.8 Å². The van der Waals surface area contributed by atoms with Crippen molar-refractivity contribution in [2.45, 2.75) is 19.3 Å². The fourth-order valence-electron chi connectivity index (χ4n) is 4.02. The third-order valence-electron chi connectivity index (χ3n) is 5.86. The number of hydrogen-bond donors (Lipinski definition) is 4. The predicted molar refractivity (Wildman–Crippen MR) is 150 cm³/mol. The maximum Gasteiger partial charge on any atom is 0.348 e. The number of hydrogen-bond acceptors (Lipinski definition) is 6. The van der Waals surface area contributed by atoms with Crippen LogP contribution >= 0.6 is 0 Å². The molecule has 39 heavy (non-hydrogen) atoms. The number of rotatable bonds is 9. The molecule has 0 amide bonds. The molecule has 0 bridgehead atoms. The Labute approximate surface area is 225 Å². The number of aliphatic carboxylic acids is 1. The summed E-state index contributed by atoms with van der Waals surface area (Å²) in [6, 6.07) is 20.5. The van der Waals surface area contributed by atoms with E-state index in [0.29, 0.717) is 35.0 Å². The van der Waals surface area contributed by atoms with Crippen LogP contribution < -0.4 is 20.9 Å². The van der Waals surface area contributed by atoms with Crippen molar-refractivity contribution in [3.63, 3.8) is 0 Å². The van der Waals surface area contributed by atoms with E-state index in [1.807, 2.05) is 54.6 Å². The summed E-state index contributed by atoms with van der Waals surface area (Å²) in [7, 11) is 3.17. The number of nitrogen functional groups attached to an aromatic ring is 1. The maximum absolute atomic E-state index is 13.0. The van der Waals surface area contributed by atoms with E-state index < -0.39 is 5.97 Å².